The fourth-order valence-electron chi connectivity index (χ4n) is 9.11. The number of β-lactam (4-membered cyclic amide) rings is 1. The predicted molar refractivity (Wildman–Crippen MR) is 320 cm³/mol. The van der Waals surface area contributed by atoms with Crippen LogP contribution in [0.3, 0.4) is 0 Å². The van der Waals surface area contributed by atoms with Crippen molar-refractivity contribution < 1.29 is 23.8 Å². The van der Waals surface area contributed by atoms with Crippen molar-refractivity contribution in [2.45, 2.75) is 165 Å². The van der Waals surface area contributed by atoms with Crippen molar-refractivity contribution in [2.24, 2.45) is 0 Å². The molecule has 394 valence electrons. The monoisotopic (exact) mass is 1160 g/mol. The molecule has 2 radical (unpaired) electrons. The van der Waals surface area contributed by atoms with E-state index in [0.29, 0.717) is 29.6 Å². The molecule has 72 heavy (non-hydrogen) atoms. The molecule has 9 nitrogen and oxygen atoms in total. The number of nitrogens with one attached hydrogen (secondary N) is 1. The average molecular weight is 1160 g/mol. The van der Waals surface area contributed by atoms with Crippen LogP contribution in [0.1, 0.15) is 103 Å². The normalized spacial score (nSPS) is 14.6. The summed E-state index contributed by atoms with van der Waals surface area (Å²) < 4.78 is 22.4. The molecule has 1 fully saturated rings. The Morgan fingerprint density at radius 3 is 1.47 bits per heavy atom. The van der Waals surface area contributed by atoms with Crippen molar-refractivity contribution in [3.05, 3.63) is 142 Å². The topological polar surface area (TPSA) is 83.6 Å². The maximum atomic E-state index is 12.5. The minimum atomic E-state index is -1.17. The summed E-state index contributed by atoms with van der Waals surface area (Å²) in [6, 6.07) is 24.2. The van der Waals surface area contributed by atoms with Gasteiger partial charge in [-0.05, 0) is 103 Å². The van der Waals surface area contributed by atoms with Crippen LogP contribution in [0.2, 0.25) is 78.6 Å². The molecule has 1 aliphatic rings. The van der Waals surface area contributed by atoms with Gasteiger partial charge >= 0.3 is 144 Å². The average Bonchev–Trinajstić information content (AvgIpc) is 3.27. The summed E-state index contributed by atoms with van der Waals surface area (Å²) in [5.41, 5.74) is 11.7. The van der Waals surface area contributed by atoms with Gasteiger partial charge in [-0.15, -0.1) is 0 Å². The maximum absolute atomic E-state index is 12.5. The van der Waals surface area contributed by atoms with Gasteiger partial charge in [0.15, 0.2) is 0 Å². The fourth-order valence-corrected chi connectivity index (χ4v) is 42.6. The SMILES string of the molecule is C=C(C(=O)OCC)[C@@H](Nc1cc(C)c(C)c(OC)c1)c1ccc(C(C)C)cc1.C=C1C(=O)N(c2cc(C)c(C)c(OC)c2)[C@H]1c1ccc(C(C)C)cc1.C[Si](C)(C)[N]([Sn][N]([Si](C)(C)C)[Si](C)(C)C)[Si](C)(C)C. The fraction of sp³-hybridized carbons (Fsp3) is 0.483. The van der Waals surface area contributed by atoms with E-state index in [1.807, 2.05) is 69.0 Å². The Morgan fingerprint density at radius 1 is 0.667 bits per heavy atom. The van der Waals surface area contributed by atoms with Crippen LogP contribution in [0.4, 0.5) is 11.4 Å². The number of hydrogen-bond donors (Lipinski definition) is 1. The van der Waals surface area contributed by atoms with Crippen LogP contribution in [-0.2, 0) is 14.3 Å². The molecular formula is C58H92N4O5Si4Sn. The van der Waals surface area contributed by atoms with Gasteiger partial charge in [0.25, 0.3) is 5.91 Å². The molecule has 0 unspecified atom stereocenters. The van der Waals surface area contributed by atoms with E-state index in [-0.39, 0.29) is 11.9 Å². The summed E-state index contributed by atoms with van der Waals surface area (Å²) >= 11 is -0.599. The second-order valence-electron chi connectivity index (χ2n) is 23.7. The van der Waals surface area contributed by atoms with Gasteiger partial charge in [0, 0.05) is 29.1 Å². The zero-order chi connectivity index (χ0) is 55.0. The van der Waals surface area contributed by atoms with Gasteiger partial charge in [0.1, 0.15) is 11.5 Å². The Morgan fingerprint density at radius 2 is 1.07 bits per heavy atom. The number of carbonyl (C=O) groups is 2. The molecule has 4 aromatic rings. The minimum absolute atomic E-state index is 0.0248. The van der Waals surface area contributed by atoms with Crippen molar-refractivity contribution in [1.29, 1.82) is 0 Å². The van der Waals surface area contributed by atoms with Crippen molar-refractivity contribution in [2.75, 3.05) is 31.0 Å². The number of amides is 1. The summed E-state index contributed by atoms with van der Waals surface area (Å²) in [4.78, 5) is 26.7. The second kappa shape index (κ2) is 25.7. The van der Waals surface area contributed by atoms with Crippen LogP contribution in [0, 0.1) is 27.7 Å². The van der Waals surface area contributed by atoms with E-state index in [1.54, 1.807) is 21.1 Å². The van der Waals surface area contributed by atoms with Crippen LogP contribution < -0.4 is 19.7 Å². The number of methoxy groups -OCH3 is 2. The van der Waals surface area contributed by atoms with Crippen LogP contribution >= 0.6 is 0 Å². The van der Waals surface area contributed by atoms with Gasteiger partial charge < -0.3 is 19.5 Å². The van der Waals surface area contributed by atoms with Gasteiger partial charge in [-0.2, -0.15) is 0 Å². The van der Waals surface area contributed by atoms with Gasteiger partial charge in [-0.3, -0.25) is 9.69 Å². The molecule has 14 heteroatoms. The number of nitrogens with zero attached hydrogens (tertiary/aromatic N) is 3. The third kappa shape index (κ3) is 16.4. The summed E-state index contributed by atoms with van der Waals surface area (Å²) in [5, 5.41) is 3.45. The molecule has 1 amide bonds. The molecule has 1 heterocycles. The molecule has 2 atom stereocenters. The van der Waals surface area contributed by atoms with Crippen molar-refractivity contribution >= 4 is 77.9 Å². The number of carbonyl (C=O) groups excluding carboxylic acids is 2. The van der Waals surface area contributed by atoms with Crippen LogP contribution in [-0.4, -0.2) is 92.2 Å². The second-order valence-corrected chi connectivity index (χ2v) is 52.0. The van der Waals surface area contributed by atoms with Gasteiger partial charge in [0.05, 0.1) is 38.5 Å². The first-order chi connectivity index (χ1) is 33.1. The van der Waals surface area contributed by atoms with E-state index < -0.39 is 66.6 Å². The van der Waals surface area contributed by atoms with Crippen molar-refractivity contribution in [3.63, 3.8) is 0 Å². The van der Waals surface area contributed by atoms with E-state index in [4.69, 9.17) is 14.2 Å². The van der Waals surface area contributed by atoms with Crippen LogP contribution in [0.15, 0.2) is 97.1 Å². The molecule has 5 rings (SSSR count). The molecule has 1 saturated heterocycles. The third-order valence-electron chi connectivity index (χ3n) is 13.0. The predicted octanol–water partition coefficient (Wildman–Crippen LogP) is 15.3. The first-order valence-electron chi connectivity index (χ1n) is 25.6. The number of benzene rings is 4. The zero-order valence-electron chi connectivity index (χ0n) is 48.7. The molecule has 0 aromatic heterocycles. The molecule has 4 aromatic carbocycles. The summed E-state index contributed by atoms with van der Waals surface area (Å²) in [6.07, 6.45) is 0. The van der Waals surface area contributed by atoms with E-state index in [0.717, 1.165) is 56.3 Å². The van der Waals surface area contributed by atoms with E-state index in [9.17, 15) is 9.59 Å². The Kier molecular flexibility index (Phi) is 22.3. The number of ether oxygens (including phenoxy) is 3. The third-order valence-corrected chi connectivity index (χ3v) is 53.2. The summed E-state index contributed by atoms with van der Waals surface area (Å²) in [5.74, 6) is 2.11. The van der Waals surface area contributed by atoms with E-state index in [2.05, 4.69) is 166 Å². The molecule has 0 saturated carbocycles. The molecule has 1 aliphatic heterocycles. The standard InChI is InChI=1S/C24H31NO3.C22H25NO2.2C6H18NSi2.Sn/c1-8-28-24(26)18(6)23(20-11-9-19(10-12-20)15(2)3)25-21-13-16(4)17(5)22(14-21)27-7;1-13(2)17-7-9-18(10-8-17)21-16(5)22(24)23(21)19-11-14(3)15(4)20(12-19)25-6;2*1-8(2,3)7-9(4,5)6;/h9-15,23,25H,6,8H2,1-5,7H3;7-13,21H,5H2,1-4,6H3;2*1-6H3;/q;;2*-1;+2/t23-;21-;;;/m11.../s1. The number of esters is 1. The molecule has 0 aliphatic carbocycles. The first kappa shape index (κ1) is 62.6. The number of rotatable bonds is 18. The van der Waals surface area contributed by atoms with E-state index in [1.165, 1.54) is 11.1 Å². The van der Waals surface area contributed by atoms with Gasteiger partial charge in [-0.1, -0.05) is 89.4 Å². The van der Waals surface area contributed by atoms with E-state index >= 15 is 0 Å². The van der Waals surface area contributed by atoms with Crippen LogP contribution in [0.5, 0.6) is 11.5 Å². The van der Waals surface area contributed by atoms with Crippen molar-refractivity contribution in [1.82, 2.24) is 4.91 Å². The summed E-state index contributed by atoms with van der Waals surface area (Å²) in [7, 11) is -1.36. The molecule has 1 N–H and O–H groups in total. The molecular weight excluding hydrogens is 1060 g/mol. The Balaban J connectivity index is 0.000000291. The van der Waals surface area contributed by atoms with Crippen molar-refractivity contribution in [3.8, 4) is 11.5 Å². The van der Waals surface area contributed by atoms with Gasteiger partial charge in [0.2, 0.25) is 0 Å². The Hall–Kier alpha value is -3.71. The molecule has 0 bridgehead atoms. The molecule has 0 spiro atoms. The number of anilines is 2. The Labute approximate surface area is 452 Å². The number of aryl methyl sites for hydroxylation is 2. The number of hydrogen-bond acceptors (Lipinski definition) is 8. The quantitative estimate of drug-likeness (QED) is 0.0457. The van der Waals surface area contributed by atoms with Crippen LogP contribution in [0.25, 0.3) is 0 Å². The van der Waals surface area contributed by atoms with Gasteiger partial charge in [-0.25, -0.2) is 4.79 Å². The first-order valence-corrected chi connectivity index (χ1v) is 42.0. The zero-order valence-corrected chi connectivity index (χ0v) is 55.6. The Bertz CT molecular complexity index is 2440. The summed E-state index contributed by atoms with van der Waals surface area (Å²) in [6.45, 7) is 57.6.